The van der Waals surface area contributed by atoms with Crippen molar-refractivity contribution < 1.29 is 18.7 Å². The first-order valence-electron chi connectivity index (χ1n) is 8.53. The Hall–Kier alpha value is -2.64. The zero-order valence-corrected chi connectivity index (χ0v) is 16.7. The Labute approximate surface area is 169 Å². The number of benzene rings is 2. The number of fused-ring (bicyclic) bond motifs is 2. The number of para-hydroxylation sites is 2. The Morgan fingerprint density at radius 1 is 1.25 bits per heavy atom. The summed E-state index contributed by atoms with van der Waals surface area (Å²) in [7, 11) is 3.27. The summed E-state index contributed by atoms with van der Waals surface area (Å²) in [6.45, 7) is 0.0613. The first-order valence-corrected chi connectivity index (χ1v) is 9.72. The van der Waals surface area contributed by atoms with E-state index in [-0.39, 0.29) is 23.4 Å². The summed E-state index contributed by atoms with van der Waals surface area (Å²) in [5.74, 6) is -0.529. The molecule has 4 rings (SSSR count). The Morgan fingerprint density at radius 3 is 2.75 bits per heavy atom. The minimum atomic E-state index is -0.820. The summed E-state index contributed by atoms with van der Waals surface area (Å²) < 4.78 is 20.0. The van der Waals surface area contributed by atoms with E-state index in [2.05, 4.69) is 0 Å². The van der Waals surface area contributed by atoms with Crippen LogP contribution in [0.3, 0.4) is 0 Å². The Balaban J connectivity index is 1.77. The SMILES string of the molecule is CN(C)C(=O)[C@H]1CN(C(=O)c2sc3cc(F)ccc3c2Cl)c2ccccc2O1. The Morgan fingerprint density at radius 2 is 2.00 bits per heavy atom. The molecule has 3 aromatic rings. The molecule has 1 aromatic heterocycles. The molecule has 0 aliphatic carbocycles. The summed E-state index contributed by atoms with van der Waals surface area (Å²) >= 11 is 7.57. The lowest BCUT2D eigenvalue weighted by Gasteiger charge is -2.35. The molecular formula is C20H16ClFN2O3S. The summed E-state index contributed by atoms with van der Waals surface area (Å²) in [6.07, 6.45) is -0.820. The molecule has 0 radical (unpaired) electrons. The number of halogens is 2. The van der Waals surface area contributed by atoms with Crippen molar-refractivity contribution in [2.24, 2.45) is 0 Å². The lowest BCUT2D eigenvalue weighted by Crippen LogP contribution is -2.50. The van der Waals surface area contributed by atoms with Crippen molar-refractivity contribution in [1.82, 2.24) is 4.90 Å². The standard InChI is InChI=1S/C20H16ClFN2O3S/c1-23(2)19(25)15-10-24(13-5-3-4-6-14(13)27-15)20(26)18-17(21)12-8-7-11(22)9-16(12)28-18/h3-9,15H,10H2,1-2H3/t15-/m1/s1. The molecule has 5 nitrogen and oxygen atoms in total. The van der Waals surface area contributed by atoms with Crippen molar-refractivity contribution in [3.05, 3.63) is 58.2 Å². The number of rotatable bonds is 2. The van der Waals surface area contributed by atoms with Gasteiger partial charge in [-0.1, -0.05) is 23.7 Å². The molecule has 2 aromatic carbocycles. The lowest BCUT2D eigenvalue weighted by atomic mass is 10.1. The molecule has 0 unspecified atom stereocenters. The quantitative estimate of drug-likeness (QED) is 0.627. The van der Waals surface area contributed by atoms with Gasteiger partial charge < -0.3 is 9.64 Å². The van der Waals surface area contributed by atoms with Gasteiger partial charge in [0.1, 0.15) is 16.4 Å². The number of carbonyl (C=O) groups excluding carboxylic acids is 2. The van der Waals surface area contributed by atoms with Crippen molar-refractivity contribution in [3.63, 3.8) is 0 Å². The van der Waals surface area contributed by atoms with Gasteiger partial charge in [-0.25, -0.2) is 4.39 Å². The summed E-state index contributed by atoms with van der Waals surface area (Å²) in [5.41, 5.74) is 0.565. The van der Waals surface area contributed by atoms with Crippen molar-refractivity contribution in [3.8, 4) is 5.75 Å². The normalized spacial score (nSPS) is 15.9. The minimum absolute atomic E-state index is 0.0613. The van der Waals surface area contributed by atoms with Crippen LogP contribution in [0, 0.1) is 5.82 Å². The van der Waals surface area contributed by atoms with Crippen LogP contribution in [-0.4, -0.2) is 43.5 Å². The maximum absolute atomic E-state index is 13.6. The average Bonchev–Trinajstić information content (AvgIpc) is 3.01. The summed E-state index contributed by atoms with van der Waals surface area (Å²) in [4.78, 5) is 29.0. The van der Waals surface area contributed by atoms with E-state index in [1.807, 2.05) is 0 Å². The summed E-state index contributed by atoms with van der Waals surface area (Å²) in [6, 6.07) is 11.3. The molecular weight excluding hydrogens is 403 g/mol. The average molecular weight is 419 g/mol. The molecule has 0 bridgehead atoms. The van der Waals surface area contributed by atoms with Gasteiger partial charge in [-0.05, 0) is 30.3 Å². The van der Waals surface area contributed by atoms with Gasteiger partial charge in [-0.15, -0.1) is 11.3 Å². The van der Waals surface area contributed by atoms with Crippen LogP contribution in [-0.2, 0) is 4.79 Å². The van der Waals surface area contributed by atoms with Crippen LogP contribution in [0.5, 0.6) is 5.75 Å². The smallest absolute Gasteiger partial charge is 0.270 e. The third kappa shape index (κ3) is 3.10. The topological polar surface area (TPSA) is 49.9 Å². The van der Waals surface area contributed by atoms with E-state index < -0.39 is 11.9 Å². The summed E-state index contributed by atoms with van der Waals surface area (Å²) in [5, 5.41) is 0.906. The molecule has 1 aliphatic heterocycles. The molecule has 0 saturated carbocycles. The highest BCUT2D eigenvalue weighted by Crippen LogP contribution is 2.40. The number of carbonyl (C=O) groups is 2. The van der Waals surface area contributed by atoms with Crippen LogP contribution in [0.1, 0.15) is 9.67 Å². The van der Waals surface area contributed by atoms with Gasteiger partial charge >= 0.3 is 0 Å². The molecule has 0 spiro atoms. The predicted molar refractivity (Wildman–Crippen MR) is 108 cm³/mol. The van der Waals surface area contributed by atoms with E-state index in [9.17, 15) is 14.0 Å². The molecule has 28 heavy (non-hydrogen) atoms. The maximum Gasteiger partial charge on any atom is 0.270 e. The molecule has 144 valence electrons. The molecule has 0 fully saturated rings. The number of hydrogen-bond acceptors (Lipinski definition) is 4. The highest BCUT2D eigenvalue weighted by molar-refractivity contribution is 7.21. The van der Waals surface area contributed by atoms with Crippen molar-refractivity contribution >= 4 is 50.5 Å². The van der Waals surface area contributed by atoms with Crippen LogP contribution in [0.4, 0.5) is 10.1 Å². The zero-order valence-electron chi connectivity index (χ0n) is 15.1. The van der Waals surface area contributed by atoms with Crippen LogP contribution >= 0.6 is 22.9 Å². The molecule has 2 amide bonds. The second kappa shape index (κ2) is 7.07. The van der Waals surface area contributed by atoms with Crippen LogP contribution in [0.2, 0.25) is 5.02 Å². The van der Waals surface area contributed by atoms with E-state index in [1.165, 1.54) is 21.9 Å². The number of amides is 2. The molecule has 8 heteroatoms. The number of thiophene rings is 1. The molecule has 0 N–H and O–H groups in total. The van der Waals surface area contributed by atoms with Crippen molar-refractivity contribution in [1.29, 1.82) is 0 Å². The van der Waals surface area contributed by atoms with Gasteiger partial charge in [0.05, 0.1) is 17.3 Å². The first kappa shape index (κ1) is 18.7. The fourth-order valence-corrected chi connectivity index (χ4v) is 4.63. The fourth-order valence-electron chi connectivity index (χ4n) is 3.14. The van der Waals surface area contributed by atoms with Gasteiger partial charge in [0.2, 0.25) is 0 Å². The first-order chi connectivity index (χ1) is 13.4. The minimum Gasteiger partial charge on any atom is -0.476 e. The number of ether oxygens (including phenoxy) is 1. The van der Waals surface area contributed by atoms with Crippen LogP contribution in [0.15, 0.2) is 42.5 Å². The molecule has 0 saturated heterocycles. The number of hydrogen-bond donors (Lipinski definition) is 0. The lowest BCUT2D eigenvalue weighted by molar-refractivity contribution is -0.135. The predicted octanol–water partition coefficient (Wildman–Crippen LogP) is 4.19. The highest BCUT2D eigenvalue weighted by atomic mass is 35.5. The number of nitrogens with zero attached hydrogens (tertiary/aromatic N) is 2. The van der Waals surface area contributed by atoms with Gasteiger partial charge in [-0.3, -0.25) is 14.5 Å². The van der Waals surface area contributed by atoms with E-state index in [1.54, 1.807) is 44.4 Å². The van der Waals surface area contributed by atoms with Crippen LogP contribution < -0.4 is 9.64 Å². The van der Waals surface area contributed by atoms with Gasteiger partial charge in [-0.2, -0.15) is 0 Å². The van der Waals surface area contributed by atoms with Crippen LogP contribution in [0.25, 0.3) is 10.1 Å². The van der Waals surface area contributed by atoms with Gasteiger partial charge in [0.25, 0.3) is 11.8 Å². The third-order valence-electron chi connectivity index (χ3n) is 4.52. The second-order valence-electron chi connectivity index (χ2n) is 6.61. The fraction of sp³-hybridized carbons (Fsp3) is 0.200. The third-order valence-corrected chi connectivity index (χ3v) is 6.17. The molecule has 2 heterocycles. The van der Waals surface area contributed by atoms with Crippen molar-refractivity contribution in [2.45, 2.75) is 6.10 Å². The molecule has 1 aliphatic rings. The number of anilines is 1. The highest BCUT2D eigenvalue weighted by Gasteiger charge is 2.36. The van der Waals surface area contributed by atoms with E-state index >= 15 is 0 Å². The van der Waals surface area contributed by atoms with Gasteiger partial charge in [0, 0.05) is 24.2 Å². The van der Waals surface area contributed by atoms with E-state index in [4.69, 9.17) is 16.3 Å². The monoisotopic (exact) mass is 418 g/mol. The van der Waals surface area contributed by atoms with Gasteiger partial charge in [0.15, 0.2) is 6.10 Å². The number of likely N-dealkylation sites (N-methyl/N-ethyl adjacent to an activating group) is 1. The maximum atomic E-state index is 13.6. The second-order valence-corrected chi connectivity index (χ2v) is 8.04. The largest absolute Gasteiger partial charge is 0.476 e. The van der Waals surface area contributed by atoms with E-state index in [0.29, 0.717) is 26.4 Å². The van der Waals surface area contributed by atoms with E-state index in [0.717, 1.165) is 11.3 Å². The Bertz CT molecular complexity index is 1100. The Kier molecular flexibility index (Phi) is 4.72. The molecule has 1 atom stereocenters. The zero-order chi connectivity index (χ0) is 20.0. The van der Waals surface area contributed by atoms with Crippen molar-refractivity contribution in [2.75, 3.05) is 25.5 Å².